The lowest BCUT2D eigenvalue weighted by molar-refractivity contribution is 0.202. The summed E-state index contributed by atoms with van der Waals surface area (Å²) in [5.41, 5.74) is 2.79. The predicted octanol–water partition coefficient (Wildman–Crippen LogP) is 2.94. The summed E-state index contributed by atoms with van der Waals surface area (Å²) < 4.78 is 2.29. The number of nitrogens with one attached hydrogen (secondary N) is 1. The molecule has 19 heavy (non-hydrogen) atoms. The van der Waals surface area contributed by atoms with E-state index in [9.17, 15) is 0 Å². The summed E-state index contributed by atoms with van der Waals surface area (Å²) in [6.07, 6.45) is 6.48. The highest BCUT2D eigenvalue weighted by molar-refractivity contribution is 5.58. The van der Waals surface area contributed by atoms with E-state index in [4.69, 9.17) is 0 Å². The van der Waals surface area contributed by atoms with Gasteiger partial charge in [-0.15, -0.1) is 0 Å². The lowest BCUT2D eigenvalue weighted by atomic mass is 9.82. The van der Waals surface area contributed by atoms with Crippen molar-refractivity contribution < 1.29 is 0 Å². The fourth-order valence-electron chi connectivity index (χ4n) is 2.96. The lowest BCUT2D eigenvalue weighted by Gasteiger charge is -2.34. The fraction of sp³-hybridized carbons (Fsp3) is 0.438. The molecule has 100 valence electrons. The number of aromatic nitrogens is 2. The summed E-state index contributed by atoms with van der Waals surface area (Å²) >= 11 is 0. The monoisotopic (exact) mass is 255 g/mol. The standard InChI is InChI=1S/C16H21N3/c1-16(8-5-9-17-11-16)12-19-13-18-10-15(19)14-6-3-2-4-7-14/h2-4,6-7,10,13,17H,5,8-9,11-12H2,1H3. The van der Waals surface area contributed by atoms with Crippen LogP contribution in [0, 0.1) is 5.41 Å². The van der Waals surface area contributed by atoms with Crippen LogP contribution in [0.15, 0.2) is 42.9 Å². The third-order valence-electron chi connectivity index (χ3n) is 4.02. The first-order valence-electron chi connectivity index (χ1n) is 7.03. The van der Waals surface area contributed by atoms with Crippen LogP contribution in [0.4, 0.5) is 0 Å². The molecule has 0 aliphatic carbocycles. The first-order chi connectivity index (χ1) is 9.27. The first-order valence-corrected chi connectivity index (χ1v) is 7.03. The molecule has 2 aromatic rings. The molecule has 2 heterocycles. The van der Waals surface area contributed by atoms with Gasteiger partial charge in [-0.2, -0.15) is 0 Å². The van der Waals surface area contributed by atoms with Gasteiger partial charge in [0.25, 0.3) is 0 Å². The maximum absolute atomic E-state index is 4.34. The highest BCUT2D eigenvalue weighted by atomic mass is 15.1. The minimum atomic E-state index is 0.336. The van der Waals surface area contributed by atoms with Gasteiger partial charge in [0.2, 0.25) is 0 Å². The maximum atomic E-state index is 4.34. The van der Waals surface area contributed by atoms with Crippen molar-refractivity contribution in [3.8, 4) is 11.3 Å². The van der Waals surface area contributed by atoms with Gasteiger partial charge in [-0.05, 0) is 30.4 Å². The van der Waals surface area contributed by atoms with Gasteiger partial charge < -0.3 is 9.88 Å². The zero-order valence-corrected chi connectivity index (χ0v) is 11.5. The molecule has 1 fully saturated rings. The topological polar surface area (TPSA) is 29.9 Å². The Kier molecular flexibility index (Phi) is 3.38. The summed E-state index contributed by atoms with van der Waals surface area (Å²) in [6, 6.07) is 10.5. The summed E-state index contributed by atoms with van der Waals surface area (Å²) in [4.78, 5) is 4.34. The van der Waals surface area contributed by atoms with Gasteiger partial charge in [-0.25, -0.2) is 4.98 Å². The molecule has 3 nitrogen and oxygen atoms in total. The number of hydrogen-bond donors (Lipinski definition) is 1. The van der Waals surface area contributed by atoms with Crippen LogP contribution < -0.4 is 5.32 Å². The van der Waals surface area contributed by atoms with E-state index in [1.54, 1.807) is 0 Å². The maximum Gasteiger partial charge on any atom is 0.0951 e. The Morgan fingerprint density at radius 1 is 1.32 bits per heavy atom. The van der Waals surface area contributed by atoms with Crippen LogP contribution >= 0.6 is 0 Å². The van der Waals surface area contributed by atoms with E-state index in [-0.39, 0.29) is 0 Å². The minimum Gasteiger partial charge on any atom is -0.330 e. The molecule has 1 aromatic heterocycles. The summed E-state index contributed by atoms with van der Waals surface area (Å²) in [5, 5.41) is 3.51. The van der Waals surface area contributed by atoms with Crippen LogP contribution in [-0.2, 0) is 6.54 Å². The average molecular weight is 255 g/mol. The van der Waals surface area contributed by atoms with Gasteiger partial charge in [0.1, 0.15) is 0 Å². The molecule has 1 aliphatic rings. The third-order valence-corrected chi connectivity index (χ3v) is 4.02. The zero-order chi connectivity index (χ0) is 13.1. The van der Waals surface area contributed by atoms with Crippen molar-refractivity contribution in [2.24, 2.45) is 5.41 Å². The van der Waals surface area contributed by atoms with E-state index in [0.717, 1.165) is 19.6 Å². The van der Waals surface area contributed by atoms with Gasteiger partial charge in [0, 0.05) is 13.1 Å². The number of imidazole rings is 1. The fourth-order valence-corrected chi connectivity index (χ4v) is 2.96. The molecule has 0 bridgehead atoms. The van der Waals surface area contributed by atoms with Crippen molar-refractivity contribution in [1.29, 1.82) is 0 Å². The van der Waals surface area contributed by atoms with Crippen LogP contribution in [0.25, 0.3) is 11.3 Å². The molecule has 0 amide bonds. The van der Waals surface area contributed by atoms with Crippen LogP contribution in [0.5, 0.6) is 0 Å². The zero-order valence-electron chi connectivity index (χ0n) is 11.5. The number of nitrogens with zero attached hydrogens (tertiary/aromatic N) is 2. The number of benzene rings is 1. The van der Waals surface area contributed by atoms with Crippen molar-refractivity contribution in [3.05, 3.63) is 42.9 Å². The summed E-state index contributed by atoms with van der Waals surface area (Å²) in [6.45, 7) is 5.66. The molecule has 1 atom stereocenters. The van der Waals surface area contributed by atoms with Gasteiger partial charge in [-0.1, -0.05) is 37.3 Å². The molecular formula is C16H21N3. The molecule has 0 spiro atoms. The molecule has 0 saturated carbocycles. The third kappa shape index (κ3) is 2.71. The Bertz CT molecular complexity index is 524. The van der Waals surface area contributed by atoms with Crippen LogP contribution in [0.2, 0.25) is 0 Å². The van der Waals surface area contributed by atoms with E-state index in [1.807, 2.05) is 12.5 Å². The summed E-state index contributed by atoms with van der Waals surface area (Å²) in [7, 11) is 0. The Morgan fingerprint density at radius 2 is 2.16 bits per heavy atom. The van der Waals surface area contributed by atoms with Crippen LogP contribution in [0.1, 0.15) is 19.8 Å². The predicted molar refractivity (Wildman–Crippen MR) is 77.9 cm³/mol. The highest BCUT2D eigenvalue weighted by Gasteiger charge is 2.27. The van der Waals surface area contributed by atoms with Gasteiger partial charge in [0.05, 0.1) is 18.2 Å². The van der Waals surface area contributed by atoms with Crippen molar-refractivity contribution in [1.82, 2.24) is 14.9 Å². The molecular weight excluding hydrogens is 234 g/mol. The largest absolute Gasteiger partial charge is 0.330 e. The van der Waals surface area contributed by atoms with Crippen molar-refractivity contribution in [2.75, 3.05) is 13.1 Å². The van der Waals surface area contributed by atoms with Crippen molar-refractivity contribution >= 4 is 0 Å². The Balaban J connectivity index is 1.84. The smallest absolute Gasteiger partial charge is 0.0951 e. The molecule has 1 unspecified atom stereocenters. The number of piperidine rings is 1. The second-order valence-corrected chi connectivity index (χ2v) is 5.86. The Morgan fingerprint density at radius 3 is 2.89 bits per heavy atom. The molecule has 3 heteroatoms. The SMILES string of the molecule is CC1(Cn2cncc2-c2ccccc2)CCCNC1. The molecule has 3 rings (SSSR count). The molecule has 1 aromatic carbocycles. The average Bonchev–Trinajstić information content (AvgIpc) is 2.88. The number of rotatable bonds is 3. The van der Waals surface area contributed by atoms with Gasteiger partial charge in [0.15, 0.2) is 0 Å². The normalized spacial score (nSPS) is 23.4. The lowest BCUT2D eigenvalue weighted by Crippen LogP contribution is -2.40. The minimum absolute atomic E-state index is 0.336. The van der Waals surface area contributed by atoms with E-state index in [1.165, 1.54) is 24.1 Å². The molecule has 1 aliphatic heterocycles. The van der Waals surface area contributed by atoms with E-state index < -0.39 is 0 Å². The second kappa shape index (κ2) is 5.17. The Hall–Kier alpha value is -1.61. The van der Waals surface area contributed by atoms with Crippen LogP contribution in [-0.4, -0.2) is 22.6 Å². The highest BCUT2D eigenvalue weighted by Crippen LogP contribution is 2.29. The summed E-state index contributed by atoms with van der Waals surface area (Å²) in [5.74, 6) is 0. The van der Waals surface area contributed by atoms with Crippen molar-refractivity contribution in [2.45, 2.75) is 26.3 Å². The van der Waals surface area contributed by atoms with Gasteiger partial charge in [-0.3, -0.25) is 0 Å². The molecule has 1 N–H and O–H groups in total. The number of hydrogen-bond acceptors (Lipinski definition) is 2. The van der Waals surface area contributed by atoms with Gasteiger partial charge >= 0.3 is 0 Å². The molecule has 1 saturated heterocycles. The quantitative estimate of drug-likeness (QED) is 0.914. The molecule has 0 radical (unpaired) electrons. The second-order valence-electron chi connectivity index (χ2n) is 5.86. The van der Waals surface area contributed by atoms with Crippen molar-refractivity contribution in [3.63, 3.8) is 0 Å². The first kappa shape index (κ1) is 12.4. The van der Waals surface area contributed by atoms with E-state index in [2.05, 4.69) is 52.1 Å². The van der Waals surface area contributed by atoms with E-state index in [0.29, 0.717) is 5.41 Å². The van der Waals surface area contributed by atoms with Crippen LogP contribution in [0.3, 0.4) is 0 Å². The Labute approximate surface area is 114 Å². The van der Waals surface area contributed by atoms with E-state index >= 15 is 0 Å².